The molecule has 7 rings (SSSR count). The lowest BCUT2D eigenvalue weighted by Gasteiger charge is -2.19. The number of carbonyl (C=O) groups excluding carboxylic acids is 2. The normalized spacial score (nSPS) is 13.7. The van der Waals surface area contributed by atoms with Crippen molar-refractivity contribution in [2.24, 2.45) is 0 Å². The SMILES string of the molecule is O=C(O)[C@@H](CCN1C(=O)c2ccccc2C1=O)Oc1ccc(-c2c3ccccc3c(Br)c3sc4ccccc4c23)cc1. The Labute approximate surface area is 252 Å². The summed E-state index contributed by atoms with van der Waals surface area (Å²) < 4.78 is 9.31. The summed E-state index contributed by atoms with van der Waals surface area (Å²) in [6, 6.07) is 30.7. The van der Waals surface area contributed by atoms with E-state index in [9.17, 15) is 19.5 Å². The van der Waals surface area contributed by atoms with E-state index in [0.717, 1.165) is 31.3 Å². The van der Waals surface area contributed by atoms with Crippen molar-refractivity contribution in [3.05, 3.63) is 113 Å². The predicted octanol–water partition coefficient (Wildman–Crippen LogP) is 8.16. The molecule has 0 fully saturated rings. The molecule has 6 aromatic rings. The molecule has 6 nitrogen and oxygen atoms in total. The smallest absolute Gasteiger partial charge is 0.344 e. The first-order valence-corrected chi connectivity index (χ1v) is 15.0. The molecule has 8 heteroatoms. The molecule has 1 aliphatic rings. The lowest BCUT2D eigenvalue weighted by molar-refractivity contribution is -0.145. The molecule has 0 saturated carbocycles. The molecule has 0 radical (unpaired) electrons. The molecule has 206 valence electrons. The number of fused-ring (bicyclic) bond motifs is 5. The van der Waals surface area contributed by atoms with Crippen LogP contribution in [0.15, 0.2) is 102 Å². The van der Waals surface area contributed by atoms with E-state index in [1.165, 1.54) is 20.2 Å². The number of imide groups is 1. The highest BCUT2D eigenvalue weighted by Gasteiger charge is 2.36. The average molecular weight is 637 g/mol. The van der Waals surface area contributed by atoms with E-state index in [4.69, 9.17) is 4.74 Å². The summed E-state index contributed by atoms with van der Waals surface area (Å²) in [7, 11) is 0. The minimum absolute atomic E-state index is 0.0403. The second-order valence-electron chi connectivity index (χ2n) is 10.1. The Morgan fingerprint density at radius 3 is 2.07 bits per heavy atom. The minimum Gasteiger partial charge on any atom is -0.479 e. The summed E-state index contributed by atoms with van der Waals surface area (Å²) in [6.07, 6.45) is -1.28. The lowest BCUT2D eigenvalue weighted by atomic mass is 9.93. The number of thiophene rings is 1. The van der Waals surface area contributed by atoms with Gasteiger partial charge in [0.15, 0.2) is 6.10 Å². The Morgan fingerprint density at radius 2 is 1.40 bits per heavy atom. The topological polar surface area (TPSA) is 83.9 Å². The largest absolute Gasteiger partial charge is 0.479 e. The Hall–Kier alpha value is -4.53. The van der Waals surface area contributed by atoms with Crippen molar-refractivity contribution in [2.45, 2.75) is 12.5 Å². The first kappa shape index (κ1) is 26.4. The van der Waals surface area contributed by atoms with Gasteiger partial charge in [-0.1, -0.05) is 66.7 Å². The molecule has 0 saturated heterocycles. The standard InChI is InChI=1S/C34H22BrNO5S/c35-30-22-8-2-1-7-21(22)28(29-25-11-5-6-12-27(25)42-31(29)30)19-13-15-20(16-14-19)41-26(34(39)40)17-18-36-32(37)23-9-3-4-10-24(23)33(36)38/h1-16,26H,17-18H2,(H,39,40)/t26-/m1/s1. The van der Waals surface area contributed by atoms with Crippen LogP contribution < -0.4 is 4.74 Å². The molecule has 5 aromatic carbocycles. The first-order chi connectivity index (χ1) is 20.4. The molecule has 42 heavy (non-hydrogen) atoms. The van der Waals surface area contributed by atoms with Crippen LogP contribution in [0.4, 0.5) is 0 Å². The predicted molar refractivity (Wildman–Crippen MR) is 168 cm³/mol. The number of carboxylic acids is 1. The fourth-order valence-electron chi connectivity index (χ4n) is 5.68. The summed E-state index contributed by atoms with van der Waals surface area (Å²) in [6.45, 7) is -0.0600. The quantitative estimate of drug-likeness (QED) is 0.179. The number of rotatable bonds is 7. The number of amides is 2. The number of carbonyl (C=O) groups is 3. The molecule has 0 unspecified atom stereocenters. The minimum atomic E-state index is -1.24. The van der Waals surface area contributed by atoms with Crippen molar-refractivity contribution in [1.29, 1.82) is 0 Å². The molecule has 1 N–H and O–H groups in total. The molecule has 1 aliphatic heterocycles. The average Bonchev–Trinajstić information content (AvgIpc) is 3.51. The number of hydrogen-bond acceptors (Lipinski definition) is 5. The van der Waals surface area contributed by atoms with Crippen molar-refractivity contribution in [2.75, 3.05) is 6.54 Å². The van der Waals surface area contributed by atoms with Crippen LogP contribution in [0.1, 0.15) is 27.1 Å². The molecule has 0 aliphatic carbocycles. The van der Waals surface area contributed by atoms with Crippen LogP contribution >= 0.6 is 27.3 Å². The highest BCUT2D eigenvalue weighted by Crippen LogP contribution is 2.48. The summed E-state index contributed by atoms with van der Waals surface area (Å²) >= 11 is 5.61. The Morgan fingerprint density at radius 1 is 0.810 bits per heavy atom. The van der Waals surface area contributed by atoms with Gasteiger partial charge in [-0.3, -0.25) is 14.5 Å². The van der Waals surface area contributed by atoms with Gasteiger partial charge in [-0.25, -0.2) is 4.79 Å². The highest BCUT2D eigenvalue weighted by molar-refractivity contribution is 9.11. The van der Waals surface area contributed by atoms with Gasteiger partial charge in [0.25, 0.3) is 11.8 Å². The number of ether oxygens (including phenoxy) is 1. The number of halogens is 1. The van der Waals surface area contributed by atoms with Crippen LogP contribution in [0.25, 0.3) is 42.1 Å². The van der Waals surface area contributed by atoms with Gasteiger partial charge in [-0.05, 0) is 68.2 Å². The van der Waals surface area contributed by atoms with E-state index >= 15 is 0 Å². The van der Waals surface area contributed by atoms with Crippen LogP contribution in [0.3, 0.4) is 0 Å². The van der Waals surface area contributed by atoms with Gasteiger partial charge in [0.1, 0.15) is 5.75 Å². The number of carboxylic acid groups (broad SMARTS) is 1. The molecule has 2 amide bonds. The van der Waals surface area contributed by atoms with E-state index in [2.05, 4.69) is 40.2 Å². The molecule has 0 bridgehead atoms. The summed E-state index contributed by atoms with van der Waals surface area (Å²) in [5, 5.41) is 14.4. The van der Waals surface area contributed by atoms with Gasteiger partial charge < -0.3 is 9.84 Å². The fraction of sp³-hybridized carbons (Fsp3) is 0.0882. The molecule has 0 spiro atoms. The molecule has 1 aromatic heterocycles. The third kappa shape index (κ3) is 4.26. The van der Waals surface area contributed by atoms with Gasteiger partial charge >= 0.3 is 5.97 Å². The first-order valence-electron chi connectivity index (χ1n) is 13.4. The molecule has 2 heterocycles. The van der Waals surface area contributed by atoms with Crippen molar-refractivity contribution < 1.29 is 24.2 Å². The Balaban J connectivity index is 1.19. The second kappa shape index (κ2) is 10.4. The molecule has 1 atom stereocenters. The number of nitrogens with zero attached hydrogens (tertiary/aromatic N) is 1. The maximum Gasteiger partial charge on any atom is 0.344 e. The van der Waals surface area contributed by atoms with E-state index in [0.29, 0.717) is 16.9 Å². The van der Waals surface area contributed by atoms with Gasteiger partial charge in [-0.15, -0.1) is 11.3 Å². The number of aliphatic carboxylic acids is 1. The lowest BCUT2D eigenvalue weighted by Crippen LogP contribution is -2.36. The van der Waals surface area contributed by atoms with Crippen LogP contribution in [-0.4, -0.2) is 40.4 Å². The second-order valence-corrected chi connectivity index (χ2v) is 11.9. The van der Waals surface area contributed by atoms with Crippen molar-refractivity contribution in [3.63, 3.8) is 0 Å². The maximum atomic E-state index is 12.7. The summed E-state index contributed by atoms with van der Waals surface area (Å²) in [5.41, 5.74) is 2.75. The molecular weight excluding hydrogens is 614 g/mol. The zero-order valence-corrected chi connectivity index (χ0v) is 24.4. The van der Waals surface area contributed by atoms with Gasteiger partial charge in [-0.2, -0.15) is 0 Å². The summed E-state index contributed by atoms with van der Waals surface area (Å²) in [4.78, 5) is 38.6. The van der Waals surface area contributed by atoms with Crippen molar-refractivity contribution in [1.82, 2.24) is 4.90 Å². The van der Waals surface area contributed by atoms with Gasteiger partial charge in [0.2, 0.25) is 0 Å². The van der Waals surface area contributed by atoms with Crippen LogP contribution in [0.5, 0.6) is 5.75 Å². The van der Waals surface area contributed by atoms with Gasteiger partial charge in [0, 0.05) is 32.9 Å². The molecular formula is C34H22BrNO5S. The fourth-order valence-corrected chi connectivity index (χ4v) is 7.63. The van der Waals surface area contributed by atoms with Crippen LogP contribution in [0.2, 0.25) is 0 Å². The zero-order valence-electron chi connectivity index (χ0n) is 22.0. The van der Waals surface area contributed by atoms with E-state index in [-0.39, 0.29) is 13.0 Å². The number of benzene rings is 5. The summed E-state index contributed by atoms with van der Waals surface area (Å²) in [5.74, 6) is -1.61. The Bertz CT molecular complexity index is 2030. The van der Waals surface area contributed by atoms with E-state index in [1.54, 1.807) is 47.7 Å². The van der Waals surface area contributed by atoms with Crippen LogP contribution in [0, 0.1) is 0 Å². The highest BCUT2D eigenvalue weighted by atomic mass is 79.9. The zero-order chi connectivity index (χ0) is 29.0. The van der Waals surface area contributed by atoms with Gasteiger partial charge in [0.05, 0.1) is 15.8 Å². The third-order valence-electron chi connectivity index (χ3n) is 7.67. The van der Waals surface area contributed by atoms with Crippen molar-refractivity contribution in [3.8, 4) is 16.9 Å². The van der Waals surface area contributed by atoms with Crippen molar-refractivity contribution >= 4 is 76.0 Å². The number of hydrogen-bond donors (Lipinski definition) is 1. The monoisotopic (exact) mass is 635 g/mol. The van der Waals surface area contributed by atoms with Crippen LogP contribution in [-0.2, 0) is 4.79 Å². The Kier molecular flexibility index (Phi) is 6.52. The maximum absolute atomic E-state index is 12.7. The van der Waals surface area contributed by atoms with E-state index in [1.807, 2.05) is 36.4 Å². The van der Waals surface area contributed by atoms with E-state index < -0.39 is 23.9 Å². The third-order valence-corrected chi connectivity index (χ3v) is 9.94.